The van der Waals surface area contributed by atoms with Crippen molar-refractivity contribution in [2.75, 3.05) is 38.5 Å². The van der Waals surface area contributed by atoms with E-state index >= 15 is 0 Å². The summed E-state index contributed by atoms with van der Waals surface area (Å²) in [5, 5.41) is 3.74. The van der Waals surface area contributed by atoms with E-state index in [-0.39, 0.29) is 24.4 Å². The third-order valence-corrected chi connectivity index (χ3v) is 3.89. The molecule has 2 aliphatic heterocycles. The van der Waals surface area contributed by atoms with Crippen LogP contribution in [-0.4, -0.2) is 60.7 Å². The van der Waals surface area contributed by atoms with Gasteiger partial charge in [0.05, 0.1) is 6.61 Å². The Balaban J connectivity index is 0.00000128. The van der Waals surface area contributed by atoms with Gasteiger partial charge in [0.2, 0.25) is 0 Å². The standard InChI is InChI=1S/C10H18N2O2S.ClH/c1-8-7-12(3-5-15-8)10(13)9-6-11-2-4-14-9;/h8-9,11H,2-7H2,1H3;1H/t8?,9-;/m0./s1. The van der Waals surface area contributed by atoms with E-state index in [0.717, 1.165) is 25.4 Å². The number of morpholine rings is 1. The van der Waals surface area contributed by atoms with E-state index in [2.05, 4.69) is 12.2 Å². The summed E-state index contributed by atoms with van der Waals surface area (Å²) < 4.78 is 5.47. The number of thioether (sulfide) groups is 1. The molecule has 0 spiro atoms. The zero-order valence-corrected chi connectivity index (χ0v) is 11.1. The molecule has 0 radical (unpaired) electrons. The number of hydrogen-bond acceptors (Lipinski definition) is 4. The molecule has 2 fully saturated rings. The molecule has 2 aliphatic rings. The van der Waals surface area contributed by atoms with Crippen LogP contribution in [0.1, 0.15) is 6.92 Å². The topological polar surface area (TPSA) is 41.6 Å². The Labute approximate surface area is 107 Å². The molecule has 1 N–H and O–H groups in total. The number of nitrogens with one attached hydrogen (secondary N) is 1. The molecule has 2 saturated heterocycles. The van der Waals surface area contributed by atoms with Crippen molar-refractivity contribution in [1.82, 2.24) is 10.2 Å². The van der Waals surface area contributed by atoms with Gasteiger partial charge in [0.1, 0.15) is 6.10 Å². The Hall–Kier alpha value is 0.0300. The molecule has 0 aromatic carbocycles. The first-order chi connectivity index (χ1) is 7.27. The Morgan fingerprint density at radius 3 is 3.00 bits per heavy atom. The van der Waals surface area contributed by atoms with Crippen molar-refractivity contribution in [3.63, 3.8) is 0 Å². The minimum absolute atomic E-state index is 0. The number of hydrogen-bond donors (Lipinski definition) is 1. The first-order valence-electron chi connectivity index (χ1n) is 5.50. The second-order valence-corrected chi connectivity index (χ2v) is 5.58. The van der Waals surface area contributed by atoms with Crippen LogP contribution in [0.4, 0.5) is 0 Å². The molecule has 0 aliphatic carbocycles. The summed E-state index contributed by atoms with van der Waals surface area (Å²) in [6.45, 7) is 6.07. The largest absolute Gasteiger partial charge is 0.366 e. The average Bonchev–Trinajstić information content (AvgIpc) is 2.29. The van der Waals surface area contributed by atoms with Gasteiger partial charge in [0.15, 0.2) is 0 Å². The second kappa shape index (κ2) is 6.69. The zero-order chi connectivity index (χ0) is 10.7. The molecule has 0 aromatic rings. The van der Waals surface area contributed by atoms with Gasteiger partial charge in [-0.2, -0.15) is 11.8 Å². The molecule has 16 heavy (non-hydrogen) atoms. The van der Waals surface area contributed by atoms with Crippen molar-refractivity contribution >= 4 is 30.1 Å². The lowest BCUT2D eigenvalue weighted by atomic mass is 10.2. The normalized spacial score (nSPS) is 30.7. The van der Waals surface area contributed by atoms with Crippen LogP contribution in [0.15, 0.2) is 0 Å². The monoisotopic (exact) mass is 266 g/mol. The molecule has 0 bridgehead atoms. The molecule has 1 unspecified atom stereocenters. The van der Waals surface area contributed by atoms with Gasteiger partial charge in [-0.3, -0.25) is 4.79 Å². The van der Waals surface area contributed by atoms with E-state index in [1.807, 2.05) is 16.7 Å². The highest BCUT2D eigenvalue weighted by Crippen LogP contribution is 2.18. The van der Waals surface area contributed by atoms with E-state index in [1.54, 1.807) is 0 Å². The Kier molecular flexibility index (Phi) is 5.89. The fourth-order valence-corrected chi connectivity index (χ4v) is 2.96. The highest BCUT2D eigenvalue weighted by atomic mass is 35.5. The molecule has 2 rings (SSSR count). The summed E-state index contributed by atoms with van der Waals surface area (Å²) in [7, 11) is 0. The lowest BCUT2D eigenvalue weighted by Crippen LogP contribution is -2.52. The minimum atomic E-state index is -0.256. The summed E-state index contributed by atoms with van der Waals surface area (Å²) >= 11 is 1.94. The Bertz CT molecular complexity index is 237. The van der Waals surface area contributed by atoms with Crippen molar-refractivity contribution in [3.8, 4) is 0 Å². The highest BCUT2D eigenvalue weighted by Gasteiger charge is 2.29. The van der Waals surface area contributed by atoms with Crippen LogP contribution in [0.2, 0.25) is 0 Å². The second-order valence-electron chi connectivity index (χ2n) is 4.03. The summed E-state index contributed by atoms with van der Waals surface area (Å²) in [5.74, 6) is 1.21. The number of nitrogens with zero attached hydrogens (tertiary/aromatic N) is 1. The summed E-state index contributed by atoms with van der Waals surface area (Å²) in [6.07, 6.45) is -0.256. The average molecular weight is 267 g/mol. The fraction of sp³-hybridized carbons (Fsp3) is 0.900. The fourth-order valence-electron chi connectivity index (χ4n) is 1.95. The van der Waals surface area contributed by atoms with Crippen LogP contribution in [-0.2, 0) is 9.53 Å². The minimum Gasteiger partial charge on any atom is -0.366 e. The molecule has 0 saturated carbocycles. The van der Waals surface area contributed by atoms with Crippen molar-refractivity contribution in [1.29, 1.82) is 0 Å². The van der Waals surface area contributed by atoms with Crippen LogP contribution in [0.3, 0.4) is 0 Å². The van der Waals surface area contributed by atoms with Crippen LogP contribution in [0.5, 0.6) is 0 Å². The summed E-state index contributed by atoms with van der Waals surface area (Å²) in [6, 6.07) is 0. The molecule has 0 aromatic heterocycles. The number of carbonyl (C=O) groups is 1. The van der Waals surface area contributed by atoms with Gasteiger partial charge in [-0.25, -0.2) is 0 Å². The SMILES string of the molecule is CC1CN(C(=O)[C@@H]2CNCCO2)CCS1.Cl. The number of amides is 1. The van der Waals surface area contributed by atoms with E-state index in [9.17, 15) is 4.79 Å². The van der Waals surface area contributed by atoms with E-state index in [4.69, 9.17) is 4.74 Å². The maximum atomic E-state index is 12.1. The van der Waals surface area contributed by atoms with Crippen molar-refractivity contribution in [2.24, 2.45) is 0 Å². The summed E-state index contributed by atoms with van der Waals surface area (Å²) in [4.78, 5) is 14.0. The van der Waals surface area contributed by atoms with Crippen LogP contribution < -0.4 is 5.32 Å². The van der Waals surface area contributed by atoms with Gasteiger partial charge in [-0.05, 0) is 0 Å². The smallest absolute Gasteiger partial charge is 0.253 e. The third kappa shape index (κ3) is 3.52. The zero-order valence-electron chi connectivity index (χ0n) is 9.48. The van der Waals surface area contributed by atoms with Gasteiger partial charge in [0, 0.05) is 37.2 Å². The third-order valence-electron chi connectivity index (χ3n) is 2.76. The number of rotatable bonds is 1. The molecule has 6 heteroatoms. The Morgan fingerprint density at radius 2 is 2.38 bits per heavy atom. The number of ether oxygens (including phenoxy) is 1. The molecule has 4 nitrogen and oxygen atoms in total. The summed E-state index contributed by atoms with van der Waals surface area (Å²) in [5.41, 5.74) is 0. The molecular formula is C10H19ClN2O2S. The first kappa shape index (κ1) is 14.1. The van der Waals surface area contributed by atoms with Crippen molar-refractivity contribution in [3.05, 3.63) is 0 Å². The van der Waals surface area contributed by atoms with Crippen LogP contribution in [0, 0.1) is 0 Å². The van der Waals surface area contributed by atoms with Gasteiger partial charge < -0.3 is 15.0 Å². The molecule has 1 amide bonds. The van der Waals surface area contributed by atoms with Gasteiger partial charge in [-0.1, -0.05) is 6.92 Å². The highest BCUT2D eigenvalue weighted by molar-refractivity contribution is 7.99. The molecule has 94 valence electrons. The van der Waals surface area contributed by atoms with E-state index in [1.165, 1.54) is 0 Å². The lowest BCUT2D eigenvalue weighted by molar-refractivity contribution is -0.145. The van der Waals surface area contributed by atoms with Gasteiger partial charge >= 0.3 is 0 Å². The van der Waals surface area contributed by atoms with Crippen molar-refractivity contribution < 1.29 is 9.53 Å². The first-order valence-corrected chi connectivity index (χ1v) is 6.55. The predicted molar refractivity (Wildman–Crippen MR) is 68.4 cm³/mol. The Morgan fingerprint density at radius 1 is 1.56 bits per heavy atom. The molecule has 2 atom stereocenters. The number of carbonyl (C=O) groups excluding carboxylic acids is 1. The number of halogens is 1. The quantitative estimate of drug-likeness (QED) is 0.744. The van der Waals surface area contributed by atoms with Crippen molar-refractivity contribution in [2.45, 2.75) is 18.3 Å². The maximum absolute atomic E-state index is 12.1. The van der Waals surface area contributed by atoms with E-state index < -0.39 is 0 Å². The van der Waals surface area contributed by atoms with Crippen LogP contribution >= 0.6 is 24.2 Å². The maximum Gasteiger partial charge on any atom is 0.253 e. The van der Waals surface area contributed by atoms with Gasteiger partial charge in [-0.15, -0.1) is 12.4 Å². The van der Waals surface area contributed by atoms with Gasteiger partial charge in [0.25, 0.3) is 5.91 Å². The van der Waals surface area contributed by atoms with Crippen LogP contribution in [0.25, 0.3) is 0 Å². The lowest BCUT2D eigenvalue weighted by Gasteiger charge is -2.34. The van der Waals surface area contributed by atoms with E-state index in [0.29, 0.717) is 18.4 Å². The predicted octanol–water partition coefficient (Wildman–Crippen LogP) is 0.361. The molecule has 2 heterocycles. The molecular weight excluding hydrogens is 248 g/mol.